The molecule has 0 aliphatic carbocycles. The largest absolute Gasteiger partial charge is 0.366 e. The molecule has 2 aromatic heterocycles. The maximum Gasteiger partial charge on any atom is 0.229 e. The van der Waals surface area contributed by atoms with E-state index in [4.69, 9.17) is 0 Å². The first-order valence-corrected chi connectivity index (χ1v) is 7.93. The summed E-state index contributed by atoms with van der Waals surface area (Å²) in [6, 6.07) is 12.1. The second kappa shape index (κ2) is 7.08. The van der Waals surface area contributed by atoms with Crippen LogP contribution in [0.25, 0.3) is 0 Å². The standard InChI is InChI=1S/C19H21N5/c1-13-6-4-8-17(15(13)3)23-19-22-14(2)10-18(24-19)21-12-16-7-5-9-20-11-16/h4-11H,12H2,1-3H3,(H2,21,22,23,24). The molecule has 1 aromatic carbocycles. The molecule has 5 nitrogen and oxygen atoms in total. The molecule has 0 radical (unpaired) electrons. The lowest BCUT2D eigenvalue weighted by Gasteiger charge is -2.12. The Morgan fingerprint density at radius 1 is 1.00 bits per heavy atom. The third-order valence-corrected chi connectivity index (χ3v) is 3.90. The monoisotopic (exact) mass is 319 g/mol. The quantitative estimate of drug-likeness (QED) is 0.739. The Balaban J connectivity index is 1.77. The van der Waals surface area contributed by atoms with Crippen LogP contribution in [0, 0.1) is 20.8 Å². The van der Waals surface area contributed by atoms with E-state index in [1.165, 1.54) is 11.1 Å². The van der Waals surface area contributed by atoms with Gasteiger partial charge in [-0.3, -0.25) is 4.98 Å². The van der Waals surface area contributed by atoms with Crippen molar-refractivity contribution in [2.45, 2.75) is 27.3 Å². The van der Waals surface area contributed by atoms with Crippen molar-refractivity contribution in [3.05, 3.63) is 71.2 Å². The molecule has 2 N–H and O–H groups in total. The van der Waals surface area contributed by atoms with Gasteiger partial charge in [0.2, 0.25) is 5.95 Å². The average Bonchev–Trinajstić information content (AvgIpc) is 2.58. The number of aromatic nitrogens is 3. The fraction of sp³-hybridized carbons (Fsp3) is 0.211. The van der Waals surface area contributed by atoms with Crippen LogP contribution >= 0.6 is 0 Å². The van der Waals surface area contributed by atoms with Crippen LogP contribution in [0.5, 0.6) is 0 Å². The van der Waals surface area contributed by atoms with Crippen molar-refractivity contribution in [2.75, 3.05) is 10.6 Å². The molecule has 5 heteroatoms. The van der Waals surface area contributed by atoms with Crippen LogP contribution in [-0.2, 0) is 6.54 Å². The molecule has 0 aliphatic rings. The number of aryl methyl sites for hydroxylation is 2. The molecule has 0 amide bonds. The van der Waals surface area contributed by atoms with Crippen LogP contribution in [0.15, 0.2) is 48.8 Å². The Morgan fingerprint density at radius 3 is 2.67 bits per heavy atom. The summed E-state index contributed by atoms with van der Waals surface area (Å²) < 4.78 is 0. The predicted octanol–water partition coefficient (Wildman–Crippen LogP) is 4.15. The minimum absolute atomic E-state index is 0.595. The average molecular weight is 319 g/mol. The zero-order valence-electron chi connectivity index (χ0n) is 14.2. The minimum Gasteiger partial charge on any atom is -0.366 e. The van der Waals surface area contributed by atoms with Gasteiger partial charge in [0.25, 0.3) is 0 Å². The second-order valence-corrected chi connectivity index (χ2v) is 5.81. The van der Waals surface area contributed by atoms with Gasteiger partial charge < -0.3 is 10.6 Å². The lowest BCUT2D eigenvalue weighted by molar-refractivity contribution is 1.05. The Labute approximate surface area is 142 Å². The van der Waals surface area contributed by atoms with Crippen molar-refractivity contribution in [3.63, 3.8) is 0 Å². The summed E-state index contributed by atoms with van der Waals surface area (Å²) in [5.74, 6) is 1.39. The summed E-state index contributed by atoms with van der Waals surface area (Å²) >= 11 is 0. The highest BCUT2D eigenvalue weighted by atomic mass is 15.1. The zero-order chi connectivity index (χ0) is 16.9. The summed E-state index contributed by atoms with van der Waals surface area (Å²) in [6.07, 6.45) is 3.61. The molecular formula is C19H21N5. The van der Waals surface area contributed by atoms with Crippen molar-refractivity contribution in [2.24, 2.45) is 0 Å². The number of hydrogen-bond donors (Lipinski definition) is 2. The Kier molecular flexibility index (Phi) is 4.70. The van der Waals surface area contributed by atoms with Gasteiger partial charge in [0.1, 0.15) is 5.82 Å². The molecule has 24 heavy (non-hydrogen) atoms. The van der Waals surface area contributed by atoms with Crippen molar-refractivity contribution >= 4 is 17.5 Å². The van der Waals surface area contributed by atoms with Gasteiger partial charge in [0, 0.05) is 36.4 Å². The molecule has 3 rings (SSSR count). The minimum atomic E-state index is 0.595. The second-order valence-electron chi connectivity index (χ2n) is 5.81. The van der Waals surface area contributed by atoms with Crippen LogP contribution in [0.1, 0.15) is 22.4 Å². The SMILES string of the molecule is Cc1cc(NCc2cccnc2)nc(Nc2cccc(C)c2C)n1. The highest BCUT2D eigenvalue weighted by Gasteiger charge is 2.06. The number of anilines is 3. The summed E-state index contributed by atoms with van der Waals surface area (Å²) in [4.78, 5) is 13.2. The van der Waals surface area contributed by atoms with E-state index in [0.29, 0.717) is 12.5 Å². The molecule has 0 spiro atoms. The third-order valence-electron chi connectivity index (χ3n) is 3.90. The molecule has 3 aromatic rings. The summed E-state index contributed by atoms with van der Waals surface area (Å²) in [5, 5.41) is 6.64. The van der Waals surface area contributed by atoms with Gasteiger partial charge in [-0.1, -0.05) is 18.2 Å². The number of nitrogens with one attached hydrogen (secondary N) is 2. The van der Waals surface area contributed by atoms with Crippen LogP contribution < -0.4 is 10.6 Å². The molecule has 2 heterocycles. The molecular weight excluding hydrogens is 298 g/mol. The molecule has 0 fully saturated rings. The van der Waals surface area contributed by atoms with E-state index < -0.39 is 0 Å². The first kappa shape index (κ1) is 15.9. The zero-order valence-corrected chi connectivity index (χ0v) is 14.2. The Hall–Kier alpha value is -2.95. The number of pyridine rings is 1. The molecule has 0 aliphatic heterocycles. The molecule has 0 atom stereocenters. The number of hydrogen-bond acceptors (Lipinski definition) is 5. The summed E-state index contributed by atoms with van der Waals surface area (Å²) in [6.45, 7) is 6.83. The lowest BCUT2D eigenvalue weighted by Crippen LogP contribution is -2.06. The third kappa shape index (κ3) is 3.87. The topological polar surface area (TPSA) is 62.7 Å². The molecule has 0 bridgehead atoms. The van der Waals surface area contributed by atoms with Gasteiger partial charge >= 0.3 is 0 Å². The highest BCUT2D eigenvalue weighted by Crippen LogP contribution is 2.22. The van der Waals surface area contributed by atoms with Crippen LogP contribution in [0.2, 0.25) is 0 Å². The van der Waals surface area contributed by atoms with Crippen molar-refractivity contribution in [1.29, 1.82) is 0 Å². The predicted molar refractivity (Wildman–Crippen MR) is 97.5 cm³/mol. The van der Waals surface area contributed by atoms with E-state index in [0.717, 1.165) is 22.8 Å². The summed E-state index contributed by atoms with van der Waals surface area (Å²) in [7, 11) is 0. The fourth-order valence-electron chi connectivity index (χ4n) is 2.42. The lowest BCUT2D eigenvalue weighted by atomic mass is 10.1. The van der Waals surface area contributed by atoms with Crippen molar-refractivity contribution in [1.82, 2.24) is 15.0 Å². The van der Waals surface area contributed by atoms with Crippen LogP contribution in [0.3, 0.4) is 0 Å². The van der Waals surface area contributed by atoms with E-state index in [1.807, 2.05) is 43.5 Å². The van der Waals surface area contributed by atoms with E-state index in [-0.39, 0.29) is 0 Å². The van der Waals surface area contributed by atoms with E-state index >= 15 is 0 Å². The Morgan fingerprint density at radius 2 is 1.88 bits per heavy atom. The number of benzene rings is 1. The smallest absolute Gasteiger partial charge is 0.229 e. The van der Waals surface area contributed by atoms with Gasteiger partial charge in [0.15, 0.2) is 0 Å². The molecule has 122 valence electrons. The first-order chi connectivity index (χ1) is 11.6. The maximum absolute atomic E-state index is 4.56. The van der Waals surface area contributed by atoms with Gasteiger partial charge in [-0.25, -0.2) is 4.98 Å². The highest BCUT2D eigenvalue weighted by molar-refractivity contribution is 5.61. The number of rotatable bonds is 5. The van der Waals surface area contributed by atoms with Crippen molar-refractivity contribution in [3.8, 4) is 0 Å². The normalized spacial score (nSPS) is 10.5. The van der Waals surface area contributed by atoms with Gasteiger partial charge in [-0.2, -0.15) is 4.98 Å². The van der Waals surface area contributed by atoms with Gasteiger partial charge in [0.05, 0.1) is 0 Å². The van der Waals surface area contributed by atoms with E-state index in [9.17, 15) is 0 Å². The van der Waals surface area contributed by atoms with E-state index in [2.05, 4.69) is 45.5 Å². The van der Waals surface area contributed by atoms with Crippen LogP contribution in [-0.4, -0.2) is 15.0 Å². The molecule has 0 saturated heterocycles. The summed E-state index contributed by atoms with van der Waals surface area (Å²) in [5.41, 5.74) is 5.48. The van der Waals surface area contributed by atoms with Crippen molar-refractivity contribution < 1.29 is 0 Å². The number of nitrogens with zero attached hydrogens (tertiary/aromatic N) is 3. The molecule has 0 saturated carbocycles. The maximum atomic E-state index is 4.56. The fourth-order valence-corrected chi connectivity index (χ4v) is 2.42. The van der Waals surface area contributed by atoms with Gasteiger partial charge in [-0.15, -0.1) is 0 Å². The Bertz CT molecular complexity index is 830. The first-order valence-electron chi connectivity index (χ1n) is 7.93. The van der Waals surface area contributed by atoms with E-state index in [1.54, 1.807) is 6.20 Å². The molecule has 0 unspecified atom stereocenters. The van der Waals surface area contributed by atoms with Gasteiger partial charge in [-0.05, 0) is 49.6 Å². The van der Waals surface area contributed by atoms with Crippen LogP contribution in [0.4, 0.5) is 17.5 Å².